The van der Waals surface area contributed by atoms with Gasteiger partial charge in [0, 0.05) is 17.8 Å². The molecule has 1 aromatic heterocycles. The molecule has 1 saturated carbocycles. The van der Waals surface area contributed by atoms with Crippen LogP contribution in [0.4, 0.5) is 5.69 Å². The normalized spacial score (nSPS) is 19.7. The summed E-state index contributed by atoms with van der Waals surface area (Å²) in [5, 5.41) is 0.978. The van der Waals surface area contributed by atoms with Crippen molar-refractivity contribution in [1.82, 2.24) is 9.55 Å². The van der Waals surface area contributed by atoms with Gasteiger partial charge in [-0.1, -0.05) is 54.9 Å². The Bertz CT molecular complexity index is 1200. The maximum atomic E-state index is 13.5. The van der Waals surface area contributed by atoms with Crippen LogP contribution in [0.1, 0.15) is 51.1 Å². The Labute approximate surface area is 186 Å². The number of anilines is 1. The van der Waals surface area contributed by atoms with E-state index in [1.165, 1.54) is 17.3 Å². The molecule has 0 bridgehead atoms. The predicted octanol–water partition coefficient (Wildman–Crippen LogP) is 4.97. The zero-order valence-corrected chi connectivity index (χ0v) is 18.8. The van der Waals surface area contributed by atoms with Crippen molar-refractivity contribution in [2.75, 3.05) is 4.90 Å². The first-order chi connectivity index (χ1) is 15.0. The molecule has 0 N–H and O–H groups in total. The summed E-state index contributed by atoms with van der Waals surface area (Å²) in [7, 11) is 0. The van der Waals surface area contributed by atoms with Gasteiger partial charge >= 0.3 is 0 Å². The highest BCUT2D eigenvalue weighted by molar-refractivity contribution is 8.00. The molecule has 2 atom stereocenters. The zero-order valence-electron chi connectivity index (χ0n) is 18.0. The lowest BCUT2D eigenvalue weighted by Crippen LogP contribution is -2.40. The number of fused-ring (bicyclic) bond motifs is 2. The van der Waals surface area contributed by atoms with E-state index in [1.807, 2.05) is 58.9 Å². The number of para-hydroxylation sites is 2. The van der Waals surface area contributed by atoms with E-state index in [2.05, 4.69) is 13.0 Å². The average Bonchev–Trinajstić information content (AvgIpc) is 3.40. The summed E-state index contributed by atoms with van der Waals surface area (Å²) in [5.74, 6) is 0.0721. The molecule has 2 aromatic carbocycles. The van der Waals surface area contributed by atoms with Gasteiger partial charge < -0.3 is 4.90 Å². The molecular weight excluding hydrogens is 406 g/mol. The van der Waals surface area contributed by atoms with E-state index in [1.54, 1.807) is 0 Å². The SMILES string of the molecule is C[C@H](Sc1nc2ccccc2c(=O)n1C1CCCC1)C(=O)N1c2ccccc2C[C@H]1C. The van der Waals surface area contributed by atoms with Crippen molar-refractivity contribution in [2.45, 2.75) is 68.4 Å². The second-order valence-corrected chi connectivity index (χ2v) is 9.98. The number of amides is 1. The standard InChI is InChI=1S/C25H27N3O2S/c1-16-15-18-9-3-8-14-22(18)27(16)23(29)17(2)31-25-26-21-13-7-6-12-20(21)24(30)28(25)19-10-4-5-11-19/h3,6-9,12-14,16-17,19H,4-5,10-11,15H2,1-2H3/t16-,17+/m1/s1. The van der Waals surface area contributed by atoms with Crippen LogP contribution in [0.2, 0.25) is 0 Å². The van der Waals surface area contributed by atoms with Crippen LogP contribution >= 0.6 is 11.8 Å². The quantitative estimate of drug-likeness (QED) is 0.431. The zero-order chi connectivity index (χ0) is 21.5. The van der Waals surface area contributed by atoms with Crippen LogP contribution in [0.3, 0.4) is 0 Å². The third-order valence-corrected chi connectivity index (χ3v) is 7.59. The van der Waals surface area contributed by atoms with Gasteiger partial charge in [-0.3, -0.25) is 14.2 Å². The monoisotopic (exact) mass is 433 g/mol. The van der Waals surface area contributed by atoms with Crippen molar-refractivity contribution in [3.05, 3.63) is 64.4 Å². The Morgan fingerprint density at radius 3 is 2.61 bits per heavy atom. The number of carbonyl (C=O) groups excluding carboxylic acids is 1. The van der Waals surface area contributed by atoms with E-state index >= 15 is 0 Å². The fourth-order valence-electron chi connectivity index (χ4n) is 5.00. The third kappa shape index (κ3) is 3.57. The number of nitrogens with zero attached hydrogens (tertiary/aromatic N) is 3. The lowest BCUT2D eigenvalue weighted by Gasteiger charge is -2.26. The van der Waals surface area contributed by atoms with Crippen LogP contribution in [0.5, 0.6) is 0 Å². The molecule has 1 aliphatic heterocycles. The second kappa shape index (κ2) is 8.15. The first-order valence-corrected chi connectivity index (χ1v) is 12.0. The molecule has 31 heavy (non-hydrogen) atoms. The van der Waals surface area contributed by atoms with E-state index in [0.717, 1.165) is 37.8 Å². The molecule has 1 amide bonds. The van der Waals surface area contributed by atoms with Crippen LogP contribution in [-0.2, 0) is 11.2 Å². The van der Waals surface area contributed by atoms with Gasteiger partial charge in [0.05, 0.1) is 16.2 Å². The molecule has 0 unspecified atom stereocenters. The number of benzene rings is 2. The highest BCUT2D eigenvalue weighted by Gasteiger charge is 2.34. The minimum atomic E-state index is -0.339. The molecule has 1 fully saturated rings. The molecule has 2 aliphatic rings. The Morgan fingerprint density at radius 1 is 1.10 bits per heavy atom. The smallest absolute Gasteiger partial charge is 0.262 e. The van der Waals surface area contributed by atoms with Gasteiger partial charge in [-0.15, -0.1) is 0 Å². The van der Waals surface area contributed by atoms with Crippen LogP contribution in [0, 0.1) is 0 Å². The van der Waals surface area contributed by atoms with E-state index in [9.17, 15) is 9.59 Å². The van der Waals surface area contributed by atoms with Crippen molar-refractivity contribution in [3.63, 3.8) is 0 Å². The summed E-state index contributed by atoms with van der Waals surface area (Å²) in [6, 6.07) is 15.9. The fraction of sp³-hybridized carbons (Fsp3) is 0.400. The first-order valence-electron chi connectivity index (χ1n) is 11.1. The Kier molecular flexibility index (Phi) is 5.34. The summed E-state index contributed by atoms with van der Waals surface area (Å²) < 4.78 is 1.87. The molecule has 6 heteroatoms. The van der Waals surface area contributed by atoms with Crippen LogP contribution < -0.4 is 10.5 Å². The topological polar surface area (TPSA) is 55.2 Å². The summed E-state index contributed by atoms with van der Waals surface area (Å²) in [4.78, 5) is 33.6. The van der Waals surface area contributed by atoms with Gasteiger partial charge in [-0.25, -0.2) is 4.98 Å². The number of thioether (sulfide) groups is 1. The van der Waals surface area contributed by atoms with E-state index in [4.69, 9.17) is 4.98 Å². The molecule has 3 aromatic rings. The van der Waals surface area contributed by atoms with Crippen molar-refractivity contribution >= 4 is 34.3 Å². The number of hydrogen-bond acceptors (Lipinski definition) is 4. The Morgan fingerprint density at radius 2 is 1.81 bits per heavy atom. The average molecular weight is 434 g/mol. The molecule has 0 radical (unpaired) electrons. The maximum Gasteiger partial charge on any atom is 0.262 e. The number of aromatic nitrogens is 2. The summed E-state index contributed by atoms with van der Waals surface area (Å²) in [6.45, 7) is 4.03. The molecule has 2 heterocycles. The van der Waals surface area contributed by atoms with Gasteiger partial charge in [-0.05, 0) is 56.9 Å². The molecule has 5 rings (SSSR count). The minimum absolute atomic E-state index is 0.0135. The van der Waals surface area contributed by atoms with Gasteiger partial charge in [0.15, 0.2) is 5.16 Å². The molecule has 160 valence electrons. The molecular formula is C25H27N3O2S. The summed E-state index contributed by atoms with van der Waals surface area (Å²) in [5.41, 5.74) is 2.93. The molecule has 0 spiro atoms. The van der Waals surface area contributed by atoms with Crippen molar-refractivity contribution in [2.24, 2.45) is 0 Å². The van der Waals surface area contributed by atoms with Crippen LogP contribution in [-0.4, -0.2) is 26.8 Å². The molecule has 1 aliphatic carbocycles. The fourth-order valence-corrected chi connectivity index (χ4v) is 6.03. The van der Waals surface area contributed by atoms with Gasteiger partial charge in [0.25, 0.3) is 5.56 Å². The first kappa shape index (κ1) is 20.3. The van der Waals surface area contributed by atoms with Crippen molar-refractivity contribution in [3.8, 4) is 0 Å². The number of hydrogen-bond donors (Lipinski definition) is 0. The molecule has 5 nitrogen and oxygen atoms in total. The van der Waals surface area contributed by atoms with E-state index in [-0.39, 0.29) is 28.8 Å². The van der Waals surface area contributed by atoms with E-state index < -0.39 is 0 Å². The third-order valence-electron chi connectivity index (χ3n) is 6.54. The summed E-state index contributed by atoms with van der Waals surface area (Å²) >= 11 is 1.42. The van der Waals surface area contributed by atoms with Gasteiger partial charge in [0.1, 0.15) is 0 Å². The highest BCUT2D eigenvalue weighted by atomic mass is 32.2. The summed E-state index contributed by atoms with van der Waals surface area (Å²) in [6.07, 6.45) is 5.12. The highest BCUT2D eigenvalue weighted by Crippen LogP contribution is 2.36. The van der Waals surface area contributed by atoms with E-state index in [0.29, 0.717) is 16.1 Å². The predicted molar refractivity (Wildman–Crippen MR) is 126 cm³/mol. The Hall–Kier alpha value is -2.60. The number of carbonyl (C=O) groups is 1. The number of rotatable bonds is 4. The largest absolute Gasteiger partial charge is 0.308 e. The van der Waals surface area contributed by atoms with Crippen molar-refractivity contribution < 1.29 is 4.79 Å². The molecule has 0 saturated heterocycles. The van der Waals surface area contributed by atoms with Crippen molar-refractivity contribution in [1.29, 1.82) is 0 Å². The van der Waals surface area contributed by atoms with Gasteiger partial charge in [0.2, 0.25) is 5.91 Å². The van der Waals surface area contributed by atoms with Crippen LogP contribution in [0.25, 0.3) is 10.9 Å². The second-order valence-electron chi connectivity index (χ2n) is 8.68. The lowest BCUT2D eigenvalue weighted by atomic mass is 10.1. The Balaban J connectivity index is 1.50. The van der Waals surface area contributed by atoms with Gasteiger partial charge in [-0.2, -0.15) is 0 Å². The van der Waals surface area contributed by atoms with Crippen LogP contribution in [0.15, 0.2) is 58.5 Å². The minimum Gasteiger partial charge on any atom is -0.308 e. The lowest BCUT2D eigenvalue weighted by molar-refractivity contribution is -0.118. The maximum absolute atomic E-state index is 13.5.